The Morgan fingerprint density at radius 2 is 1.51 bits per heavy atom. The Bertz CT molecular complexity index is 800. The summed E-state index contributed by atoms with van der Waals surface area (Å²) in [5, 5.41) is 0. The highest BCUT2D eigenvalue weighted by molar-refractivity contribution is 5.85. The van der Waals surface area contributed by atoms with Gasteiger partial charge in [0.15, 0.2) is 0 Å². The first-order valence-corrected chi connectivity index (χ1v) is 15.6. The lowest BCUT2D eigenvalue weighted by Gasteiger charge is -2.44. The van der Waals surface area contributed by atoms with Crippen molar-refractivity contribution in [3.05, 3.63) is 23.8 Å². The standard InChI is InChI=1S/C32H53N3O.ClH/c1-3-4-8-19-33-22-24-35(25-23-33)31-10-9-28(34-20-13-29(36-2)14-21-34)26-30(31)27-11-17-32(18-12-27)15-6-5-7-16-32;/h9-10,26-27,29H,3-8,11-25H2,1-2H3;1H. The first kappa shape index (κ1) is 29.0. The number of halogens is 1. The van der Waals surface area contributed by atoms with Crippen LogP contribution >= 0.6 is 12.4 Å². The Morgan fingerprint density at radius 1 is 0.811 bits per heavy atom. The SMILES string of the molecule is CCCCCN1CCN(c2ccc(N3CCC(OC)CC3)cc2C2CCC3(CCCCC3)CC2)CC1.Cl. The Kier molecular flexibility index (Phi) is 10.9. The van der Waals surface area contributed by atoms with Gasteiger partial charge in [0, 0.05) is 57.8 Å². The highest BCUT2D eigenvalue weighted by atomic mass is 35.5. The van der Waals surface area contributed by atoms with Crippen LogP contribution in [-0.4, -0.2) is 63.9 Å². The van der Waals surface area contributed by atoms with Gasteiger partial charge in [-0.15, -0.1) is 12.4 Å². The minimum Gasteiger partial charge on any atom is -0.381 e. The van der Waals surface area contributed by atoms with E-state index in [0.717, 1.165) is 31.8 Å². The first-order chi connectivity index (χ1) is 17.7. The number of benzene rings is 1. The maximum Gasteiger partial charge on any atom is 0.0605 e. The monoisotopic (exact) mass is 531 g/mol. The predicted octanol–water partition coefficient (Wildman–Crippen LogP) is 7.64. The van der Waals surface area contributed by atoms with Gasteiger partial charge in [0.1, 0.15) is 0 Å². The molecule has 4 aliphatic rings. The summed E-state index contributed by atoms with van der Waals surface area (Å²) < 4.78 is 5.65. The zero-order valence-electron chi connectivity index (χ0n) is 23.9. The molecule has 1 aromatic rings. The van der Waals surface area contributed by atoms with Crippen molar-refractivity contribution < 1.29 is 4.74 Å². The van der Waals surface area contributed by atoms with Gasteiger partial charge in [-0.1, -0.05) is 39.0 Å². The van der Waals surface area contributed by atoms with Crippen LogP contribution in [0.15, 0.2) is 18.2 Å². The predicted molar refractivity (Wildman–Crippen MR) is 161 cm³/mol. The summed E-state index contributed by atoms with van der Waals surface area (Å²) >= 11 is 0. The van der Waals surface area contributed by atoms with Crippen molar-refractivity contribution in [2.75, 3.05) is 62.7 Å². The fraction of sp³-hybridized carbons (Fsp3) is 0.812. The molecule has 4 fully saturated rings. The molecule has 2 heterocycles. The fourth-order valence-electron chi connectivity index (χ4n) is 7.84. The average molecular weight is 532 g/mol. The van der Waals surface area contributed by atoms with Crippen molar-refractivity contribution in [1.82, 2.24) is 4.90 Å². The van der Waals surface area contributed by atoms with Crippen LogP contribution in [-0.2, 0) is 4.74 Å². The Hall–Kier alpha value is -0.970. The molecule has 1 aromatic carbocycles. The number of anilines is 2. The molecule has 5 heteroatoms. The molecular formula is C32H54ClN3O. The van der Waals surface area contributed by atoms with Crippen molar-refractivity contribution in [2.45, 2.75) is 109 Å². The average Bonchev–Trinajstić information content (AvgIpc) is 2.94. The number of methoxy groups -OCH3 is 1. The van der Waals surface area contributed by atoms with Gasteiger partial charge in [0.2, 0.25) is 0 Å². The summed E-state index contributed by atoms with van der Waals surface area (Å²) in [5.41, 5.74) is 5.38. The van der Waals surface area contributed by atoms with Crippen molar-refractivity contribution in [3.63, 3.8) is 0 Å². The summed E-state index contributed by atoms with van der Waals surface area (Å²) in [7, 11) is 1.87. The molecule has 0 aromatic heterocycles. The second kappa shape index (κ2) is 13.9. The van der Waals surface area contributed by atoms with Gasteiger partial charge in [-0.3, -0.25) is 4.90 Å². The molecule has 1 spiro atoms. The first-order valence-electron chi connectivity index (χ1n) is 15.6. The second-order valence-corrected chi connectivity index (χ2v) is 12.5. The van der Waals surface area contributed by atoms with Crippen LogP contribution in [0, 0.1) is 5.41 Å². The zero-order valence-corrected chi connectivity index (χ0v) is 24.7. The molecule has 2 aliphatic heterocycles. The number of piperidine rings is 1. The topological polar surface area (TPSA) is 19.0 Å². The number of piperazine rings is 1. The molecule has 210 valence electrons. The summed E-state index contributed by atoms with van der Waals surface area (Å²) in [6, 6.07) is 7.56. The third kappa shape index (κ3) is 7.17. The third-order valence-corrected chi connectivity index (χ3v) is 10.3. The number of rotatable bonds is 8. The number of ether oxygens (including phenoxy) is 1. The summed E-state index contributed by atoms with van der Waals surface area (Å²) in [6.45, 7) is 10.7. The molecule has 0 radical (unpaired) electrons. The van der Waals surface area contributed by atoms with E-state index < -0.39 is 0 Å². The van der Waals surface area contributed by atoms with E-state index in [-0.39, 0.29) is 12.4 Å². The van der Waals surface area contributed by atoms with E-state index >= 15 is 0 Å². The molecule has 0 unspecified atom stereocenters. The number of hydrogen-bond donors (Lipinski definition) is 0. The molecule has 2 saturated carbocycles. The minimum atomic E-state index is 0. The highest BCUT2D eigenvalue weighted by Crippen LogP contribution is 2.52. The third-order valence-electron chi connectivity index (χ3n) is 10.3. The van der Waals surface area contributed by atoms with E-state index in [1.807, 2.05) is 7.11 Å². The van der Waals surface area contributed by atoms with Gasteiger partial charge in [-0.25, -0.2) is 0 Å². The summed E-state index contributed by atoms with van der Waals surface area (Å²) in [5.74, 6) is 0.742. The Morgan fingerprint density at radius 3 is 2.16 bits per heavy atom. The fourth-order valence-corrected chi connectivity index (χ4v) is 7.84. The number of nitrogens with zero attached hydrogens (tertiary/aromatic N) is 3. The molecule has 0 amide bonds. The molecular weight excluding hydrogens is 478 g/mol. The number of hydrogen-bond acceptors (Lipinski definition) is 4. The van der Waals surface area contributed by atoms with E-state index in [2.05, 4.69) is 39.8 Å². The van der Waals surface area contributed by atoms with Gasteiger partial charge in [-0.05, 0) is 99.4 Å². The lowest BCUT2D eigenvalue weighted by Crippen LogP contribution is -2.47. The van der Waals surface area contributed by atoms with Crippen LogP contribution in [0.5, 0.6) is 0 Å². The van der Waals surface area contributed by atoms with Crippen LogP contribution in [0.1, 0.15) is 108 Å². The van der Waals surface area contributed by atoms with Gasteiger partial charge < -0.3 is 14.5 Å². The summed E-state index contributed by atoms with van der Waals surface area (Å²) in [6.07, 6.45) is 20.0. The zero-order chi connectivity index (χ0) is 24.8. The summed E-state index contributed by atoms with van der Waals surface area (Å²) in [4.78, 5) is 8.06. The van der Waals surface area contributed by atoms with Crippen LogP contribution in [0.25, 0.3) is 0 Å². The van der Waals surface area contributed by atoms with Crippen molar-refractivity contribution in [3.8, 4) is 0 Å². The van der Waals surface area contributed by atoms with Crippen LogP contribution in [0.2, 0.25) is 0 Å². The molecule has 5 rings (SSSR count). The quantitative estimate of drug-likeness (QED) is 0.321. The largest absolute Gasteiger partial charge is 0.381 e. The Labute approximate surface area is 233 Å². The smallest absolute Gasteiger partial charge is 0.0605 e. The molecule has 4 nitrogen and oxygen atoms in total. The van der Waals surface area contributed by atoms with Gasteiger partial charge in [0.25, 0.3) is 0 Å². The maximum atomic E-state index is 5.65. The van der Waals surface area contributed by atoms with Crippen LogP contribution in [0.3, 0.4) is 0 Å². The maximum absolute atomic E-state index is 5.65. The molecule has 2 aliphatic carbocycles. The normalized spacial score (nSPS) is 23.8. The van der Waals surface area contributed by atoms with E-state index in [0.29, 0.717) is 11.5 Å². The lowest BCUT2D eigenvalue weighted by molar-refractivity contribution is 0.0819. The van der Waals surface area contributed by atoms with E-state index in [9.17, 15) is 0 Å². The van der Waals surface area contributed by atoms with Gasteiger partial charge >= 0.3 is 0 Å². The van der Waals surface area contributed by atoms with Gasteiger partial charge in [0.05, 0.1) is 6.10 Å². The molecule has 0 N–H and O–H groups in total. The van der Waals surface area contributed by atoms with Crippen LogP contribution < -0.4 is 9.80 Å². The Balaban J connectivity index is 0.00000320. The van der Waals surface area contributed by atoms with Gasteiger partial charge in [-0.2, -0.15) is 0 Å². The van der Waals surface area contributed by atoms with E-state index in [4.69, 9.17) is 4.74 Å². The molecule has 0 atom stereocenters. The lowest BCUT2D eigenvalue weighted by atomic mass is 9.62. The van der Waals surface area contributed by atoms with E-state index in [1.165, 1.54) is 115 Å². The molecule has 37 heavy (non-hydrogen) atoms. The van der Waals surface area contributed by atoms with Crippen molar-refractivity contribution >= 4 is 23.8 Å². The number of unbranched alkanes of at least 4 members (excludes halogenated alkanes) is 2. The van der Waals surface area contributed by atoms with E-state index in [1.54, 1.807) is 11.3 Å². The van der Waals surface area contributed by atoms with Crippen molar-refractivity contribution in [1.29, 1.82) is 0 Å². The van der Waals surface area contributed by atoms with Crippen molar-refractivity contribution in [2.24, 2.45) is 5.41 Å². The van der Waals surface area contributed by atoms with Crippen LogP contribution in [0.4, 0.5) is 11.4 Å². The minimum absolute atomic E-state index is 0. The second-order valence-electron chi connectivity index (χ2n) is 12.5. The highest BCUT2D eigenvalue weighted by Gasteiger charge is 2.37. The molecule has 2 saturated heterocycles. The molecule has 0 bridgehead atoms.